The number of ether oxygens (including phenoxy) is 1. The van der Waals surface area contributed by atoms with Crippen LogP contribution in [0.2, 0.25) is 5.02 Å². The number of carbonyl (C=O) groups excluding carboxylic acids is 1. The van der Waals surface area contributed by atoms with E-state index in [0.29, 0.717) is 5.02 Å². The number of para-hydroxylation sites is 1. The number of carbonyl (C=O) groups is 1. The van der Waals surface area contributed by atoms with Crippen LogP contribution in [0.15, 0.2) is 46.9 Å². The molecule has 0 aliphatic heterocycles. The number of methoxy groups -OCH3 is 1. The molecule has 21 heavy (non-hydrogen) atoms. The summed E-state index contributed by atoms with van der Waals surface area (Å²) in [6.07, 6.45) is 0. The Morgan fingerprint density at radius 3 is 2.62 bits per heavy atom. The molecule has 2 aromatic rings. The van der Waals surface area contributed by atoms with E-state index in [1.807, 2.05) is 43.3 Å². The highest BCUT2D eigenvalue weighted by molar-refractivity contribution is 9.10. The fourth-order valence-electron chi connectivity index (χ4n) is 1.92. The van der Waals surface area contributed by atoms with Gasteiger partial charge in [-0.3, -0.25) is 0 Å². The van der Waals surface area contributed by atoms with Crippen LogP contribution in [-0.4, -0.2) is 13.1 Å². The van der Waals surface area contributed by atoms with E-state index < -0.39 is 6.04 Å². The fraction of sp³-hybridized carbons (Fsp3) is 0.188. The van der Waals surface area contributed by atoms with Crippen molar-refractivity contribution in [1.82, 2.24) is 0 Å². The standard InChI is InChI=1S/C16H15BrClNO2/c1-10-7-8-11(9-13(10)18)15(16(20)21-2)19-14-6-4-3-5-12(14)17/h3-9,15,19H,1-2H3. The summed E-state index contributed by atoms with van der Waals surface area (Å²) in [4.78, 5) is 12.1. The lowest BCUT2D eigenvalue weighted by Gasteiger charge is -2.19. The molecule has 3 nitrogen and oxygen atoms in total. The zero-order chi connectivity index (χ0) is 15.4. The molecule has 0 saturated heterocycles. The minimum atomic E-state index is -0.619. The van der Waals surface area contributed by atoms with E-state index in [2.05, 4.69) is 21.2 Å². The van der Waals surface area contributed by atoms with Gasteiger partial charge in [0.15, 0.2) is 6.04 Å². The van der Waals surface area contributed by atoms with E-state index in [0.717, 1.165) is 21.3 Å². The average molecular weight is 369 g/mol. The molecule has 0 fully saturated rings. The molecule has 2 rings (SSSR count). The molecule has 0 aliphatic rings. The van der Waals surface area contributed by atoms with Gasteiger partial charge in [0.25, 0.3) is 0 Å². The summed E-state index contributed by atoms with van der Waals surface area (Å²) < 4.78 is 5.76. The van der Waals surface area contributed by atoms with Gasteiger partial charge in [0.1, 0.15) is 0 Å². The zero-order valence-electron chi connectivity index (χ0n) is 11.7. The second-order valence-electron chi connectivity index (χ2n) is 4.59. The van der Waals surface area contributed by atoms with Gasteiger partial charge in [0.2, 0.25) is 0 Å². The van der Waals surface area contributed by atoms with Gasteiger partial charge in [-0.25, -0.2) is 4.79 Å². The van der Waals surface area contributed by atoms with Gasteiger partial charge in [-0.1, -0.05) is 35.9 Å². The number of benzene rings is 2. The van der Waals surface area contributed by atoms with E-state index in [1.165, 1.54) is 7.11 Å². The van der Waals surface area contributed by atoms with Crippen LogP contribution in [0.5, 0.6) is 0 Å². The van der Waals surface area contributed by atoms with E-state index in [9.17, 15) is 4.79 Å². The van der Waals surface area contributed by atoms with Gasteiger partial charge in [-0.05, 0) is 52.2 Å². The molecule has 0 amide bonds. The maximum atomic E-state index is 12.1. The van der Waals surface area contributed by atoms with Crippen LogP contribution in [0.25, 0.3) is 0 Å². The third kappa shape index (κ3) is 3.77. The van der Waals surface area contributed by atoms with Crippen LogP contribution in [0.1, 0.15) is 17.2 Å². The van der Waals surface area contributed by atoms with Gasteiger partial charge in [0.05, 0.1) is 7.11 Å². The predicted molar refractivity (Wildman–Crippen MR) is 88.7 cm³/mol. The van der Waals surface area contributed by atoms with Gasteiger partial charge in [-0.15, -0.1) is 0 Å². The molecule has 0 bridgehead atoms. The summed E-state index contributed by atoms with van der Waals surface area (Å²) in [6, 6.07) is 12.5. The number of nitrogens with one attached hydrogen (secondary N) is 1. The summed E-state index contributed by atoms with van der Waals surface area (Å²) in [6.45, 7) is 1.92. The van der Waals surface area contributed by atoms with Gasteiger partial charge < -0.3 is 10.1 Å². The van der Waals surface area contributed by atoms with Crippen molar-refractivity contribution in [3.63, 3.8) is 0 Å². The Morgan fingerprint density at radius 2 is 2.00 bits per heavy atom. The van der Waals surface area contributed by atoms with Crippen molar-refractivity contribution in [2.45, 2.75) is 13.0 Å². The number of aryl methyl sites for hydroxylation is 1. The largest absolute Gasteiger partial charge is 0.467 e. The van der Waals surface area contributed by atoms with Crippen molar-refractivity contribution in [3.05, 3.63) is 63.1 Å². The Hall–Kier alpha value is -1.52. The highest BCUT2D eigenvalue weighted by atomic mass is 79.9. The quantitative estimate of drug-likeness (QED) is 0.792. The predicted octanol–water partition coefficient (Wildman–Crippen LogP) is 4.74. The smallest absolute Gasteiger partial charge is 0.332 e. The molecule has 0 radical (unpaired) electrons. The summed E-state index contributed by atoms with van der Waals surface area (Å²) in [7, 11) is 1.37. The summed E-state index contributed by atoms with van der Waals surface area (Å²) in [5.41, 5.74) is 2.53. The van der Waals surface area contributed by atoms with Crippen LogP contribution >= 0.6 is 27.5 Å². The molecule has 1 N–H and O–H groups in total. The second kappa shape index (κ2) is 6.96. The van der Waals surface area contributed by atoms with Crippen LogP contribution in [0, 0.1) is 6.92 Å². The number of hydrogen-bond acceptors (Lipinski definition) is 3. The van der Waals surface area contributed by atoms with E-state index in [-0.39, 0.29) is 5.97 Å². The highest BCUT2D eigenvalue weighted by Gasteiger charge is 2.22. The molecule has 0 spiro atoms. The minimum absolute atomic E-state index is 0.370. The minimum Gasteiger partial charge on any atom is -0.467 e. The molecular weight excluding hydrogens is 354 g/mol. The molecule has 0 saturated carbocycles. The first-order valence-electron chi connectivity index (χ1n) is 6.38. The first kappa shape index (κ1) is 15.9. The van der Waals surface area contributed by atoms with Crippen LogP contribution in [0.3, 0.4) is 0 Å². The number of anilines is 1. The average Bonchev–Trinajstić information content (AvgIpc) is 2.48. The van der Waals surface area contributed by atoms with Crippen molar-refractivity contribution in [3.8, 4) is 0 Å². The number of hydrogen-bond donors (Lipinski definition) is 1. The van der Waals surface area contributed by atoms with E-state index in [1.54, 1.807) is 6.07 Å². The fourth-order valence-corrected chi connectivity index (χ4v) is 2.51. The zero-order valence-corrected chi connectivity index (χ0v) is 14.0. The molecular formula is C16H15BrClNO2. The molecule has 110 valence electrons. The molecule has 0 aromatic heterocycles. The maximum Gasteiger partial charge on any atom is 0.332 e. The van der Waals surface area contributed by atoms with Crippen LogP contribution in [-0.2, 0) is 9.53 Å². The van der Waals surface area contributed by atoms with Gasteiger partial charge in [-0.2, -0.15) is 0 Å². The Morgan fingerprint density at radius 1 is 1.29 bits per heavy atom. The lowest BCUT2D eigenvalue weighted by atomic mass is 10.0. The molecule has 0 aliphatic carbocycles. The Balaban J connectivity index is 2.37. The molecule has 5 heteroatoms. The third-order valence-electron chi connectivity index (χ3n) is 3.14. The summed E-state index contributed by atoms with van der Waals surface area (Å²) in [5.74, 6) is -0.370. The summed E-state index contributed by atoms with van der Waals surface area (Å²) in [5, 5.41) is 3.80. The number of halogens is 2. The summed E-state index contributed by atoms with van der Waals surface area (Å²) >= 11 is 9.60. The Kier molecular flexibility index (Phi) is 5.26. The lowest BCUT2D eigenvalue weighted by Crippen LogP contribution is -2.22. The highest BCUT2D eigenvalue weighted by Crippen LogP contribution is 2.29. The van der Waals surface area contributed by atoms with E-state index >= 15 is 0 Å². The monoisotopic (exact) mass is 367 g/mol. The second-order valence-corrected chi connectivity index (χ2v) is 5.85. The van der Waals surface area contributed by atoms with Crippen LogP contribution < -0.4 is 5.32 Å². The van der Waals surface area contributed by atoms with Crippen molar-refractivity contribution < 1.29 is 9.53 Å². The molecule has 1 unspecified atom stereocenters. The SMILES string of the molecule is COC(=O)C(Nc1ccccc1Br)c1ccc(C)c(Cl)c1. The van der Waals surface area contributed by atoms with E-state index in [4.69, 9.17) is 16.3 Å². The van der Waals surface area contributed by atoms with Crippen LogP contribution in [0.4, 0.5) is 5.69 Å². The maximum absolute atomic E-state index is 12.1. The molecule has 0 heterocycles. The third-order valence-corrected chi connectivity index (χ3v) is 4.24. The molecule has 2 aromatic carbocycles. The Labute approximate surface area is 137 Å². The van der Waals surface area contributed by atoms with Crippen molar-refractivity contribution in [2.24, 2.45) is 0 Å². The normalized spacial score (nSPS) is 11.8. The topological polar surface area (TPSA) is 38.3 Å². The van der Waals surface area contributed by atoms with Crippen molar-refractivity contribution in [1.29, 1.82) is 0 Å². The first-order valence-corrected chi connectivity index (χ1v) is 7.55. The van der Waals surface area contributed by atoms with Gasteiger partial charge >= 0.3 is 5.97 Å². The Bertz CT molecular complexity index is 660. The number of esters is 1. The number of rotatable bonds is 4. The lowest BCUT2D eigenvalue weighted by molar-refractivity contribution is -0.141. The van der Waals surface area contributed by atoms with Crippen molar-refractivity contribution in [2.75, 3.05) is 12.4 Å². The molecule has 1 atom stereocenters. The first-order chi connectivity index (χ1) is 10.0. The van der Waals surface area contributed by atoms with Crippen molar-refractivity contribution >= 4 is 39.2 Å². The van der Waals surface area contributed by atoms with Gasteiger partial charge in [0, 0.05) is 15.2 Å².